The molecule has 0 saturated carbocycles. The van der Waals surface area contributed by atoms with Gasteiger partial charge in [0.1, 0.15) is 0 Å². The molecule has 1 aromatic carbocycles. The van der Waals surface area contributed by atoms with Crippen LogP contribution in [-0.4, -0.2) is 16.0 Å². The number of hydrogen-bond acceptors (Lipinski definition) is 3. The highest BCUT2D eigenvalue weighted by molar-refractivity contribution is 5.91. The zero-order chi connectivity index (χ0) is 9.84. The van der Waals surface area contributed by atoms with Gasteiger partial charge in [0.05, 0.1) is 0 Å². The van der Waals surface area contributed by atoms with E-state index in [9.17, 15) is 4.79 Å². The van der Waals surface area contributed by atoms with Crippen LogP contribution in [0.5, 0.6) is 11.5 Å². The lowest BCUT2D eigenvalue weighted by Crippen LogP contribution is -1.80. The number of phenolic OH excluding ortho intramolecular Hbond substituents is 2. The zero-order valence-corrected chi connectivity index (χ0v) is 7.19. The maximum Gasteiger partial charge on any atom is 0.157 e. The Morgan fingerprint density at radius 1 is 1.31 bits per heavy atom. The SMILES string of the molecule is CC(=O)/C=C/c1ccc(O)c(O)c1. The third-order valence-corrected chi connectivity index (χ3v) is 1.51. The Bertz CT molecular complexity index is 353. The van der Waals surface area contributed by atoms with Gasteiger partial charge < -0.3 is 10.2 Å². The van der Waals surface area contributed by atoms with Gasteiger partial charge in [0.25, 0.3) is 0 Å². The molecule has 0 aromatic heterocycles. The molecule has 0 saturated heterocycles. The number of hydrogen-bond donors (Lipinski definition) is 2. The number of carbonyl (C=O) groups is 1. The molecule has 3 nitrogen and oxygen atoms in total. The lowest BCUT2D eigenvalue weighted by molar-refractivity contribution is -0.112. The van der Waals surface area contributed by atoms with Crippen LogP contribution in [0.4, 0.5) is 0 Å². The van der Waals surface area contributed by atoms with Gasteiger partial charge in [-0.2, -0.15) is 0 Å². The Morgan fingerprint density at radius 3 is 2.54 bits per heavy atom. The van der Waals surface area contributed by atoms with Crippen molar-refractivity contribution < 1.29 is 15.0 Å². The number of aromatic hydroxyl groups is 2. The Labute approximate surface area is 76.0 Å². The average molecular weight is 178 g/mol. The summed E-state index contributed by atoms with van der Waals surface area (Å²) in [5.41, 5.74) is 0.672. The fraction of sp³-hybridized carbons (Fsp3) is 0.100. The summed E-state index contributed by atoms with van der Waals surface area (Å²) in [6.45, 7) is 1.44. The fourth-order valence-corrected chi connectivity index (χ4v) is 0.858. The van der Waals surface area contributed by atoms with E-state index in [1.54, 1.807) is 12.1 Å². The second kappa shape index (κ2) is 3.76. The molecule has 0 aliphatic rings. The van der Waals surface area contributed by atoms with Gasteiger partial charge in [-0.05, 0) is 30.7 Å². The highest BCUT2D eigenvalue weighted by Crippen LogP contribution is 2.25. The molecule has 0 fully saturated rings. The topological polar surface area (TPSA) is 57.5 Å². The molecule has 0 aliphatic carbocycles. The molecule has 13 heavy (non-hydrogen) atoms. The maximum atomic E-state index is 10.6. The first-order valence-electron chi connectivity index (χ1n) is 3.80. The van der Waals surface area contributed by atoms with Gasteiger partial charge in [-0.1, -0.05) is 12.1 Å². The van der Waals surface area contributed by atoms with E-state index in [4.69, 9.17) is 10.2 Å². The Kier molecular flexibility index (Phi) is 2.69. The molecule has 0 heterocycles. The van der Waals surface area contributed by atoms with Crippen molar-refractivity contribution in [3.05, 3.63) is 29.8 Å². The second-order valence-corrected chi connectivity index (χ2v) is 2.69. The third kappa shape index (κ3) is 2.63. The Balaban J connectivity index is 2.92. The lowest BCUT2D eigenvalue weighted by Gasteiger charge is -1.97. The molecular weight excluding hydrogens is 168 g/mol. The summed E-state index contributed by atoms with van der Waals surface area (Å²) in [4.78, 5) is 10.6. The van der Waals surface area contributed by atoms with E-state index in [1.165, 1.54) is 25.1 Å². The summed E-state index contributed by atoms with van der Waals surface area (Å²) in [6.07, 6.45) is 2.97. The third-order valence-electron chi connectivity index (χ3n) is 1.51. The van der Waals surface area contributed by atoms with Crippen LogP contribution in [0.3, 0.4) is 0 Å². The highest BCUT2D eigenvalue weighted by Gasteiger charge is 1.97. The van der Waals surface area contributed by atoms with Gasteiger partial charge in [-0.25, -0.2) is 0 Å². The van der Waals surface area contributed by atoms with E-state index in [1.807, 2.05) is 0 Å². The predicted octanol–water partition coefficient (Wildman–Crippen LogP) is 1.70. The van der Waals surface area contributed by atoms with Crippen LogP contribution < -0.4 is 0 Å². The molecule has 0 bridgehead atoms. The Hall–Kier alpha value is -1.77. The van der Waals surface area contributed by atoms with Crippen LogP contribution in [0.2, 0.25) is 0 Å². The molecule has 0 radical (unpaired) electrons. The minimum absolute atomic E-state index is 0.0624. The molecule has 0 atom stereocenters. The number of benzene rings is 1. The summed E-state index contributed by atoms with van der Waals surface area (Å²) in [7, 11) is 0. The molecule has 1 aromatic rings. The quantitative estimate of drug-likeness (QED) is 0.535. The van der Waals surface area contributed by atoms with Crippen molar-refractivity contribution in [2.45, 2.75) is 6.92 Å². The highest BCUT2D eigenvalue weighted by atomic mass is 16.3. The molecule has 0 unspecified atom stereocenters. The molecule has 3 heteroatoms. The van der Waals surface area contributed by atoms with Crippen LogP contribution in [0.25, 0.3) is 6.08 Å². The summed E-state index contributed by atoms with van der Waals surface area (Å²) in [5.74, 6) is -0.418. The van der Waals surface area contributed by atoms with Gasteiger partial charge >= 0.3 is 0 Å². The van der Waals surface area contributed by atoms with Crippen LogP contribution >= 0.6 is 0 Å². The average Bonchev–Trinajstić information content (AvgIpc) is 2.07. The molecule has 0 spiro atoms. The smallest absolute Gasteiger partial charge is 0.157 e. The predicted molar refractivity (Wildman–Crippen MR) is 49.5 cm³/mol. The van der Waals surface area contributed by atoms with Gasteiger partial charge in [-0.15, -0.1) is 0 Å². The van der Waals surface area contributed by atoms with E-state index in [-0.39, 0.29) is 17.3 Å². The maximum absolute atomic E-state index is 10.6. The van der Waals surface area contributed by atoms with Crippen LogP contribution in [0.1, 0.15) is 12.5 Å². The molecule has 2 N–H and O–H groups in total. The van der Waals surface area contributed by atoms with Crippen molar-refractivity contribution in [2.24, 2.45) is 0 Å². The first-order chi connectivity index (χ1) is 6.09. The first-order valence-corrected chi connectivity index (χ1v) is 3.80. The normalized spacial score (nSPS) is 10.5. The first kappa shape index (κ1) is 9.32. The fourth-order valence-electron chi connectivity index (χ4n) is 0.858. The number of rotatable bonds is 2. The number of phenols is 2. The molecule has 1 rings (SSSR count). The van der Waals surface area contributed by atoms with E-state index in [2.05, 4.69) is 0 Å². The van der Waals surface area contributed by atoms with Crippen molar-refractivity contribution in [1.82, 2.24) is 0 Å². The molecular formula is C10H10O3. The second-order valence-electron chi connectivity index (χ2n) is 2.69. The van der Waals surface area contributed by atoms with Crippen molar-refractivity contribution >= 4 is 11.9 Å². The van der Waals surface area contributed by atoms with E-state index in [0.29, 0.717) is 5.56 Å². The van der Waals surface area contributed by atoms with Crippen molar-refractivity contribution in [2.75, 3.05) is 0 Å². The lowest BCUT2D eigenvalue weighted by atomic mass is 10.2. The molecule has 68 valence electrons. The molecule has 0 amide bonds. The molecule has 0 aliphatic heterocycles. The monoisotopic (exact) mass is 178 g/mol. The van der Waals surface area contributed by atoms with Gasteiger partial charge in [-0.3, -0.25) is 4.79 Å². The number of carbonyl (C=O) groups excluding carboxylic acids is 1. The number of ketones is 1. The standard InChI is InChI=1S/C10H10O3/c1-7(11)2-3-8-4-5-9(12)10(13)6-8/h2-6,12-13H,1H3/b3-2+. The summed E-state index contributed by atoms with van der Waals surface area (Å²) in [5, 5.41) is 18.1. The summed E-state index contributed by atoms with van der Waals surface area (Å²) in [6, 6.07) is 4.36. The number of allylic oxidation sites excluding steroid dienone is 1. The van der Waals surface area contributed by atoms with E-state index in [0.717, 1.165) is 0 Å². The summed E-state index contributed by atoms with van der Waals surface area (Å²) < 4.78 is 0. The van der Waals surface area contributed by atoms with E-state index < -0.39 is 0 Å². The van der Waals surface area contributed by atoms with Crippen LogP contribution in [0, 0.1) is 0 Å². The van der Waals surface area contributed by atoms with Crippen molar-refractivity contribution in [1.29, 1.82) is 0 Å². The Morgan fingerprint density at radius 2 is 2.00 bits per heavy atom. The van der Waals surface area contributed by atoms with Crippen LogP contribution in [0.15, 0.2) is 24.3 Å². The minimum Gasteiger partial charge on any atom is -0.504 e. The summed E-state index contributed by atoms with van der Waals surface area (Å²) >= 11 is 0. The zero-order valence-electron chi connectivity index (χ0n) is 7.19. The van der Waals surface area contributed by atoms with Crippen molar-refractivity contribution in [3.63, 3.8) is 0 Å². The van der Waals surface area contributed by atoms with Gasteiger partial charge in [0.2, 0.25) is 0 Å². The van der Waals surface area contributed by atoms with Crippen LogP contribution in [-0.2, 0) is 4.79 Å². The minimum atomic E-state index is -0.189. The van der Waals surface area contributed by atoms with E-state index >= 15 is 0 Å². The van der Waals surface area contributed by atoms with Crippen molar-refractivity contribution in [3.8, 4) is 11.5 Å². The van der Waals surface area contributed by atoms with Gasteiger partial charge in [0, 0.05) is 0 Å². The van der Waals surface area contributed by atoms with Gasteiger partial charge in [0.15, 0.2) is 17.3 Å². The largest absolute Gasteiger partial charge is 0.504 e.